The number of hydrogen-bond acceptors (Lipinski definition) is 3. The molecule has 0 atom stereocenters. The first-order valence-corrected chi connectivity index (χ1v) is 4.59. The summed E-state index contributed by atoms with van der Waals surface area (Å²) in [4.78, 5) is 11.1. The van der Waals surface area contributed by atoms with Crippen molar-refractivity contribution >= 4 is 5.91 Å². The smallest absolute Gasteiger partial charge is 0.258 e. The molecule has 1 aromatic rings. The highest BCUT2D eigenvalue weighted by atomic mass is 16.5. The summed E-state index contributed by atoms with van der Waals surface area (Å²) in [6.45, 7) is 0.100. The number of nitrogens with zero attached hydrogens (tertiary/aromatic N) is 1. The fourth-order valence-corrected chi connectivity index (χ4v) is 0.975. The molecule has 0 heterocycles. The Kier molecular flexibility index (Phi) is 4.43. The van der Waals surface area contributed by atoms with Crippen LogP contribution in [0.25, 0.3) is 0 Å². The number of amides is 1. The molecule has 0 unspecified atom stereocenters. The monoisotopic (exact) mass is 214 g/mol. The van der Waals surface area contributed by atoms with E-state index in [1.165, 1.54) is 0 Å². The molecule has 1 aromatic carbocycles. The molecule has 4 nitrogen and oxygen atoms in total. The first-order chi connectivity index (χ1) is 7.76. The molecule has 0 fully saturated rings. The lowest BCUT2D eigenvalue weighted by molar-refractivity contribution is -0.122. The Hall–Kier alpha value is -2.46. The van der Waals surface area contributed by atoms with E-state index in [0.29, 0.717) is 11.3 Å². The molecule has 0 aliphatic rings. The van der Waals surface area contributed by atoms with E-state index in [9.17, 15) is 4.79 Å². The first kappa shape index (κ1) is 11.6. The van der Waals surface area contributed by atoms with Gasteiger partial charge in [0, 0.05) is 0 Å². The molecule has 0 aromatic heterocycles. The number of nitriles is 1. The third-order valence-electron chi connectivity index (χ3n) is 1.74. The maximum Gasteiger partial charge on any atom is 0.258 e. The molecule has 4 heteroatoms. The molecule has 0 saturated carbocycles. The second-order valence-corrected chi connectivity index (χ2v) is 2.91. The third-order valence-corrected chi connectivity index (χ3v) is 1.74. The van der Waals surface area contributed by atoms with Gasteiger partial charge in [-0.2, -0.15) is 5.26 Å². The Balaban J connectivity index is 2.40. The fourth-order valence-electron chi connectivity index (χ4n) is 0.975. The van der Waals surface area contributed by atoms with Crippen molar-refractivity contribution in [3.63, 3.8) is 0 Å². The number of benzene rings is 1. The molecule has 0 bridgehead atoms. The summed E-state index contributed by atoms with van der Waals surface area (Å²) in [5.74, 6) is 2.55. The minimum absolute atomic E-state index is 0.0897. The van der Waals surface area contributed by atoms with E-state index in [0.717, 1.165) is 0 Å². The van der Waals surface area contributed by atoms with Gasteiger partial charge in [-0.25, -0.2) is 0 Å². The minimum atomic E-state index is -0.276. The molecular formula is C12H10N2O2. The SMILES string of the molecule is C#CCNC(=O)COc1ccc(C#N)cc1. The minimum Gasteiger partial charge on any atom is -0.484 e. The number of nitrogens with one attached hydrogen (secondary N) is 1. The van der Waals surface area contributed by atoms with Gasteiger partial charge in [0.15, 0.2) is 6.61 Å². The van der Waals surface area contributed by atoms with Gasteiger partial charge in [-0.1, -0.05) is 5.92 Å². The van der Waals surface area contributed by atoms with Crippen molar-refractivity contribution in [2.24, 2.45) is 0 Å². The van der Waals surface area contributed by atoms with Crippen LogP contribution in [0, 0.1) is 23.7 Å². The van der Waals surface area contributed by atoms with Crippen LogP contribution in [0.5, 0.6) is 5.75 Å². The van der Waals surface area contributed by atoms with Gasteiger partial charge in [-0.3, -0.25) is 4.79 Å². The van der Waals surface area contributed by atoms with Crippen LogP contribution in [0.3, 0.4) is 0 Å². The van der Waals surface area contributed by atoms with Crippen molar-refractivity contribution in [2.75, 3.05) is 13.2 Å². The van der Waals surface area contributed by atoms with E-state index < -0.39 is 0 Å². The topological polar surface area (TPSA) is 62.1 Å². The van der Waals surface area contributed by atoms with E-state index in [-0.39, 0.29) is 19.1 Å². The van der Waals surface area contributed by atoms with Crippen LogP contribution in [0.15, 0.2) is 24.3 Å². The molecule has 16 heavy (non-hydrogen) atoms. The summed E-state index contributed by atoms with van der Waals surface area (Å²) in [6.07, 6.45) is 4.98. The van der Waals surface area contributed by atoms with Gasteiger partial charge < -0.3 is 10.1 Å². The number of terminal acetylenes is 1. The van der Waals surface area contributed by atoms with Crippen molar-refractivity contribution in [3.05, 3.63) is 29.8 Å². The number of hydrogen-bond donors (Lipinski definition) is 1. The summed E-state index contributed by atoms with van der Waals surface area (Å²) in [5, 5.41) is 11.0. The quantitative estimate of drug-likeness (QED) is 0.750. The maximum atomic E-state index is 11.1. The standard InChI is InChI=1S/C12H10N2O2/c1-2-7-14-12(15)9-16-11-5-3-10(8-13)4-6-11/h1,3-6H,7,9H2,(H,14,15). The Labute approximate surface area is 93.8 Å². The molecule has 80 valence electrons. The van der Waals surface area contributed by atoms with Crippen molar-refractivity contribution < 1.29 is 9.53 Å². The summed E-state index contributed by atoms with van der Waals surface area (Å²) in [7, 11) is 0. The second kappa shape index (κ2) is 6.10. The van der Waals surface area contributed by atoms with Gasteiger partial charge in [0.1, 0.15) is 5.75 Å². The Bertz CT molecular complexity index is 438. The normalized spacial score (nSPS) is 8.62. The lowest BCUT2D eigenvalue weighted by Gasteiger charge is -2.05. The molecule has 0 aliphatic heterocycles. The van der Waals surface area contributed by atoms with Crippen molar-refractivity contribution in [1.82, 2.24) is 5.32 Å². The molecule has 0 spiro atoms. The molecule has 1 rings (SSSR count). The zero-order chi connectivity index (χ0) is 11.8. The third kappa shape index (κ3) is 3.73. The van der Waals surface area contributed by atoms with E-state index in [1.54, 1.807) is 24.3 Å². The molecule has 0 radical (unpaired) electrons. The number of carbonyl (C=O) groups is 1. The Morgan fingerprint density at radius 2 is 2.12 bits per heavy atom. The molecule has 0 aliphatic carbocycles. The summed E-state index contributed by atoms with van der Waals surface area (Å²) < 4.78 is 5.17. The van der Waals surface area contributed by atoms with Gasteiger partial charge in [0.2, 0.25) is 0 Å². The zero-order valence-corrected chi connectivity index (χ0v) is 8.56. The van der Waals surface area contributed by atoms with E-state index >= 15 is 0 Å². The average Bonchev–Trinajstić information content (AvgIpc) is 2.34. The van der Waals surface area contributed by atoms with Gasteiger partial charge in [-0.05, 0) is 24.3 Å². The molecular weight excluding hydrogens is 204 g/mol. The maximum absolute atomic E-state index is 11.1. The van der Waals surface area contributed by atoms with E-state index in [1.807, 2.05) is 6.07 Å². The number of ether oxygens (including phenoxy) is 1. The van der Waals surface area contributed by atoms with E-state index in [2.05, 4.69) is 11.2 Å². The predicted molar refractivity (Wildman–Crippen MR) is 58.5 cm³/mol. The molecule has 0 saturated heterocycles. The van der Waals surface area contributed by atoms with Crippen LogP contribution in [-0.2, 0) is 4.79 Å². The molecule has 1 amide bonds. The second-order valence-electron chi connectivity index (χ2n) is 2.91. The van der Waals surface area contributed by atoms with Crippen LogP contribution in [-0.4, -0.2) is 19.1 Å². The molecule has 1 N–H and O–H groups in total. The fraction of sp³-hybridized carbons (Fsp3) is 0.167. The first-order valence-electron chi connectivity index (χ1n) is 4.59. The largest absolute Gasteiger partial charge is 0.484 e. The van der Waals surface area contributed by atoms with Gasteiger partial charge in [-0.15, -0.1) is 6.42 Å². The number of carbonyl (C=O) groups excluding carboxylic acids is 1. The van der Waals surface area contributed by atoms with Crippen LogP contribution >= 0.6 is 0 Å². The zero-order valence-electron chi connectivity index (χ0n) is 8.56. The van der Waals surface area contributed by atoms with Gasteiger partial charge in [0.05, 0.1) is 18.2 Å². The van der Waals surface area contributed by atoms with Crippen LogP contribution < -0.4 is 10.1 Å². The van der Waals surface area contributed by atoms with E-state index in [4.69, 9.17) is 16.4 Å². The Morgan fingerprint density at radius 3 is 2.69 bits per heavy atom. The van der Waals surface area contributed by atoms with Crippen LogP contribution in [0.1, 0.15) is 5.56 Å². The summed E-state index contributed by atoms with van der Waals surface area (Å²) in [6, 6.07) is 8.49. The lowest BCUT2D eigenvalue weighted by Crippen LogP contribution is -2.28. The van der Waals surface area contributed by atoms with Gasteiger partial charge in [0.25, 0.3) is 5.91 Å². The van der Waals surface area contributed by atoms with Crippen molar-refractivity contribution in [3.8, 4) is 24.2 Å². The van der Waals surface area contributed by atoms with Crippen molar-refractivity contribution in [1.29, 1.82) is 5.26 Å². The highest BCUT2D eigenvalue weighted by Gasteiger charge is 2.00. The Morgan fingerprint density at radius 1 is 1.44 bits per heavy atom. The van der Waals surface area contributed by atoms with Crippen LogP contribution in [0.4, 0.5) is 0 Å². The average molecular weight is 214 g/mol. The highest BCUT2D eigenvalue weighted by molar-refractivity contribution is 5.77. The lowest BCUT2D eigenvalue weighted by atomic mass is 10.2. The van der Waals surface area contributed by atoms with Crippen molar-refractivity contribution in [2.45, 2.75) is 0 Å². The van der Waals surface area contributed by atoms with Crippen LogP contribution in [0.2, 0.25) is 0 Å². The number of rotatable bonds is 4. The summed E-state index contributed by atoms with van der Waals surface area (Å²) in [5.41, 5.74) is 0.545. The highest BCUT2D eigenvalue weighted by Crippen LogP contribution is 2.10. The predicted octanol–water partition coefficient (Wildman–Crippen LogP) is 0.686. The summed E-state index contributed by atoms with van der Waals surface area (Å²) >= 11 is 0. The van der Waals surface area contributed by atoms with Gasteiger partial charge >= 0.3 is 0 Å².